The average molecular weight is 408 g/mol. The molecule has 8 heteroatoms. The number of ether oxygens (including phenoxy) is 1. The van der Waals surface area contributed by atoms with Crippen molar-refractivity contribution in [2.75, 3.05) is 18.2 Å². The number of methoxy groups -OCH3 is 1. The number of anilines is 1. The van der Waals surface area contributed by atoms with E-state index in [0.29, 0.717) is 10.7 Å². The van der Waals surface area contributed by atoms with Crippen LogP contribution in [-0.4, -0.2) is 33.4 Å². The summed E-state index contributed by atoms with van der Waals surface area (Å²) in [5.74, 6) is 0.227. The molecule has 0 unspecified atom stereocenters. The molecule has 4 aromatic rings. The maximum Gasteiger partial charge on any atom is 0.234 e. The second-order valence-electron chi connectivity index (χ2n) is 6.14. The summed E-state index contributed by atoms with van der Waals surface area (Å²) in [4.78, 5) is 16.6. The molecule has 0 saturated carbocycles. The van der Waals surface area contributed by atoms with Gasteiger partial charge in [-0.2, -0.15) is 5.10 Å². The maximum atomic E-state index is 13.3. The van der Waals surface area contributed by atoms with Crippen molar-refractivity contribution in [2.45, 2.75) is 5.03 Å². The Labute approximate surface area is 170 Å². The van der Waals surface area contributed by atoms with E-state index in [0.717, 1.165) is 22.5 Å². The minimum atomic E-state index is -0.398. The van der Waals surface area contributed by atoms with Gasteiger partial charge in [0.1, 0.15) is 16.6 Å². The highest BCUT2D eigenvalue weighted by Crippen LogP contribution is 2.31. The molecule has 146 valence electrons. The SMILES string of the molecule is COc1ccccc1-c1cc2c(SCC(=O)Nc3cccc(F)c3)nccn2n1. The molecule has 0 aliphatic heterocycles. The molecule has 0 spiro atoms. The third-order valence-corrected chi connectivity index (χ3v) is 5.18. The Kier molecular flexibility index (Phi) is 5.44. The molecule has 4 rings (SSSR count). The average Bonchev–Trinajstić information content (AvgIpc) is 3.17. The van der Waals surface area contributed by atoms with Crippen molar-refractivity contribution < 1.29 is 13.9 Å². The Morgan fingerprint density at radius 2 is 2.07 bits per heavy atom. The number of aromatic nitrogens is 3. The molecule has 29 heavy (non-hydrogen) atoms. The van der Waals surface area contributed by atoms with Gasteiger partial charge in [0.05, 0.1) is 24.1 Å². The molecule has 2 heterocycles. The van der Waals surface area contributed by atoms with E-state index in [1.165, 1.54) is 23.9 Å². The number of hydrogen-bond acceptors (Lipinski definition) is 5. The minimum absolute atomic E-state index is 0.137. The quantitative estimate of drug-likeness (QED) is 0.483. The number of amides is 1. The first-order valence-electron chi connectivity index (χ1n) is 8.80. The molecule has 0 bridgehead atoms. The molecule has 0 saturated heterocycles. The lowest BCUT2D eigenvalue weighted by Gasteiger charge is -2.05. The van der Waals surface area contributed by atoms with E-state index in [1.54, 1.807) is 36.2 Å². The van der Waals surface area contributed by atoms with Crippen LogP contribution in [0.2, 0.25) is 0 Å². The normalized spacial score (nSPS) is 10.8. The molecular formula is C21H17FN4O2S. The third-order valence-electron chi connectivity index (χ3n) is 4.19. The van der Waals surface area contributed by atoms with Gasteiger partial charge in [-0.25, -0.2) is 13.9 Å². The second kappa shape index (κ2) is 8.32. The van der Waals surface area contributed by atoms with Gasteiger partial charge in [-0.3, -0.25) is 4.79 Å². The number of carbonyl (C=O) groups is 1. The van der Waals surface area contributed by atoms with Crippen LogP contribution < -0.4 is 10.1 Å². The van der Waals surface area contributed by atoms with Crippen LogP contribution in [-0.2, 0) is 4.79 Å². The van der Waals surface area contributed by atoms with Crippen LogP contribution in [0.3, 0.4) is 0 Å². The fourth-order valence-corrected chi connectivity index (χ4v) is 3.67. The number of carbonyl (C=O) groups excluding carboxylic acids is 1. The topological polar surface area (TPSA) is 68.5 Å². The number of hydrogen-bond donors (Lipinski definition) is 1. The predicted molar refractivity (Wildman–Crippen MR) is 111 cm³/mol. The summed E-state index contributed by atoms with van der Waals surface area (Å²) in [6, 6.07) is 15.3. The molecule has 1 N–H and O–H groups in total. The summed E-state index contributed by atoms with van der Waals surface area (Å²) in [7, 11) is 1.62. The second-order valence-corrected chi connectivity index (χ2v) is 7.10. The van der Waals surface area contributed by atoms with Crippen LogP contribution in [0, 0.1) is 5.82 Å². The third kappa shape index (κ3) is 4.22. The highest BCUT2D eigenvalue weighted by Gasteiger charge is 2.14. The van der Waals surface area contributed by atoms with Crippen LogP contribution in [0.25, 0.3) is 16.8 Å². The van der Waals surface area contributed by atoms with Crippen molar-refractivity contribution in [3.63, 3.8) is 0 Å². The molecule has 1 amide bonds. The smallest absolute Gasteiger partial charge is 0.234 e. The van der Waals surface area contributed by atoms with Crippen LogP contribution in [0.15, 0.2) is 72.0 Å². The number of thioether (sulfide) groups is 1. The summed E-state index contributed by atoms with van der Waals surface area (Å²) in [5.41, 5.74) is 2.83. The van der Waals surface area contributed by atoms with E-state index < -0.39 is 5.82 Å². The molecule has 0 aliphatic rings. The van der Waals surface area contributed by atoms with Crippen molar-refractivity contribution in [2.24, 2.45) is 0 Å². The Morgan fingerprint density at radius 3 is 2.90 bits per heavy atom. The Morgan fingerprint density at radius 1 is 1.21 bits per heavy atom. The van der Waals surface area contributed by atoms with Gasteiger partial charge < -0.3 is 10.1 Å². The van der Waals surface area contributed by atoms with Crippen LogP contribution in [0.5, 0.6) is 5.75 Å². The van der Waals surface area contributed by atoms with Gasteiger partial charge in [-0.05, 0) is 36.4 Å². The Balaban J connectivity index is 1.54. The van der Waals surface area contributed by atoms with Crippen molar-refractivity contribution in [1.29, 1.82) is 0 Å². The zero-order valence-corrected chi connectivity index (χ0v) is 16.3. The molecule has 0 radical (unpaired) electrons. The highest BCUT2D eigenvalue weighted by molar-refractivity contribution is 8.00. The molecular weight excluding hydrogens is 391 g/mol. The number of nitrogens with zero attached hydrogens (tertiary/aromatic N) is 3. The lowest BCUT2D eigenvalue weighted by molar-refractivity contribution is -0.113. The zero-order chi connectivity index (χ0) is 20.2. The fourth-order valence-electron chi connectivity index (χ4n) is 2.89. The number of nitrogens with one attached hydrogen (secondary N) is 1. The van der Waals surface area contributed by atoms with Crippen molar-refractivity contribution in [3.05, 3.63) is 72.8 Å². The molecule has 2 aromatic carbocycles. The van der Waals surface area contributed by atoms with E-state index in [1.807, 2.05) is 30.3 Å². The van der Waals surface area contributed by atoms with E-state index in [4.69, 9.17) is 4.74 Å². The minimum Gasteiger partial charge on any atom is -0.496 e. The lowest BCUT2D eigenvalue weighted by Crippen LogP contribution is -2.14. The standard InChI is InChI=1S/C21H17FN4O2S/c1-28-19-8-3-2-7-16(19)17-12-18-21(23-9-10-26(18)25-17)29-13-20(27)24-15-6-4-5-14(22)11-15/h2-12H,13H2,1H3,(H,24,27). The van der Waals surface area contributed by atoms with Crippen LogP contribution in [0.1, 0.15) is 0 Å². The van der Waals surface area contributed by atoms with Crippen LogP contribution in [0.4, 0.5) is 10.1 Å². The predicted octanol–water partition coefficient (Wildman–Crippen LogP) is 4.27. The first-order valence-corrected chi connectivity index (χ1v) is 9.78. The highest BCUT2D eigenvalue weighted by atomic mass is 32.2. The maximum absolute atomic E-state index is 13.3. The van der Waals surface area contributed by atoms with Gasteiger partial charge in [-0.1, -0.05) is 30.0 Å². The number of rotatable bonds is 6. The van der Waals surface area contributed by atoms with Gasteiger partial charge in [0, 0.05) is 23.6 Å². The van der Waals surface area contributed by atoms with E-state index in [2.05, 4.69) is 15.4 Å². The Hall–Kier alpha value is -3.39. The molecule has 2 aromatic heterocycles. The summed E-state index contributed by atoms with van der Waals surface area (Å²) in [6.07, 6.45) is 3.39. The molecule has 6 nitrogen and oxygen atoms in total. The van der Waals surface area contributed by atoms with E-state index in [9.17, 15) is 9.18 Å². The van der Waals surface area contributed by atoms with Crippen LogP contribution >= 0.6 is 11.8 Å². The number of benzene rings is 2. The monoisotopic (exact) mass is 408 g/mol. The number of halogens is 1. The van der Waals surface area contributed by atoms with Gasteiger partial charge in [-0.15, -0.1) is 0 Å². The van der Waals surface area contributed by atoms with Gasteiger partial charge >= 0.3 is 0 Å². The summed E-state index contributed by atoms with van der Waals surface area (Å²) in [5, 5.41) is 7.96. The lowest BCUT2D eigenvalue weighted by atomic mass is 10.1. The van der Waals surface area contributed by atoms with Gasteiger partial charge in [0.2, 0.25) is 5.91 Å². The number of fused-ring (bicyclic) bond motifs is 1. The Bertz CT molecular complexity index is 1180. The first-order chi connectivity index (χ1) is 14.1. The fraction of sp³-hybridized carbons (Fsp3) is 0.0952. The number of para-hydroxylation sites is 1. The van der Waals surface area contributed by atoms with Crippen molar-refractivity contribution in [1.82, 2.24) is 14.6 Å². The largest absolute Gasteiger partial charge is 0.496 e. The van der Waals surface area contributed by atoms with Gasteiger partial charge in [0.25, 0.3) is 0 Å². The van der Waals surface area contributed by atoms with Crippen molar-refractivity contribution in [3.8, 4) is 17.0 Å². The molecule has 0 fully saturated rings. The van der Waals surface area contributed by atoms with E-state index >= 15 is 0 Å². The first kappa shape index (κ1) is 18.9. The zero-order valence-electron chi connectivity index (χ0n) is 15.5. The van der Waals surface area contributed by atoms with E-state index in [-0.39, 0.29) is 11.7 Å². The molecule has 0 aliphatic carbocycles. The summed E-state index contributed by atoms with van der Waals surface area (Å²) >= 11 is 1.29. The summed E-state index contributed by atoms with van der Waals surface area (Å²) < 4.78 is 20.4. The molecule has 0 atom stereocenters. The van der Waals surface area contributed by atoms with Crippen molar-refractivity contribution >= 4 is 28.9 Å². The summed E-state index contributed by atoms with van der Waals surface area (Å²) in [6.45, 7) is 0. The van der Waals surface area contributed by atoms with Gasteiger partial charge in [0.15, 0.2) is 0 Å².